The molecule has 0 unspecified atom stereocenters. The molecule has 0 bridgehead atoms. The Hall–Kier alpha value is -4.72. The van der Waals surface area contributed by atoms with Gasteiger partial charge in [-0.2, -0.15) is 17.5 Å². The number of aromatic nitrogens is 4. The van der Waals surface area contributed by atoms with Crippen LogP contribution in [0.4, 0.5) is 17.1 Å². The number of hydrogen-bond acceptors (Lipinski definition) is 7. The molecule has 7 heteroatoms. The molecule has 2 heterocycles. The minimum atomic E-state index is 0.0579. The van der Waals surface area contributed by atoms with E-state index in [9.17, 15) is 1.37 Å². The van der Waals surface area contributed by atoms with Crippen molar-refractivity contribution in [1.82, 2.24) is 17.5 Å². The minimum absolute atomic E-state index is 0.0579. The van der Waals surface area contributed by atoms with E-state index in [1.54, 1.807) is 12.1 Å². The van der Waals surface area contributed by atoms with E-state index in [0.29, 0.717) is 11.3 Å². The van der Waals surface area contributed by atoms with Crippen molar-refractivity contribution in [2.45, 2.75) is 0 Å². The maximum atomic E-state index is 9.37. The molecule has 8 aromatic rings. The Morgan fingerprint density at radius 3 is 1.87 bits per heavy atom. The standard InChI is InChI=1S/C32H19N5S2/c1-2-4-21-15-22(6-5-20(21)3-1)23-7-8-25-17-26(10-9-24(25)16-23)37(27-11-13-29-31(18-27)35-38-33-29)28-12-14-30-32(19-28)36-39-34-30/h1-19H/i8D,9D,16D,17D. The van der Waals surface area contributed by atoms with Crippen molar-refractivity contribution < 1.29 is 5.48 Å². The van der Waals surface area contributed by atoms with Crippen LogP contribution in [0.1, 0.15) is 5.48 Å². The van der Waals surface area contributed by atoms with Gasteiger partial charge in [0.2, 0.25) is 0 Å². The fourth-order valence-corrected chi connectivity index (χ4v) is 5.88. The van der Waals surface area contributed by atoms with E-state index in [4.69, 9.17) is 4.11 Å². The predicted molar refractivity (Wildman–Crippen MR) is 164 cm³/mol. The third kappa shape index (κ3) is 3.91. The third-order valence-electron chi connectivity index (χ3n) is 6.77. The van der Waals surface area contributed by atoms with Crippen molar-refractivity contribution in [1.29, 1.82) is 0 Å². The lowest BCUT2D eigenvalue weighted by Crippen LogP contribution is -2.10. The highest BCUT2D eigenvalue weighted by Gasteiger charge is 2.16. The Labute approximate surface area is 237 Å². The molecule has 0 atom stereocenters. The molecular formula is C32H19N5S2. The van der Waals surface area contributed by atoms with Gasteiger partial charge >= 0.3 is 0 Å². The van der Waals surface area contributed by atoms with E-state index in [-0.39, 0.29) is 34.9 Å². The molecule has 0 fully saturated rings. The highest BCUT2D eigenvalue weighted by atomic mass is 32.1. The number of nitrogens with zero attached hydrogens (tertiary/aromatic N) is 5. The van der Waals surface area contributed by atoms with Crippen molar-refractivity contribution in [3.05, 3.63) is 115 Å². The Kier molecular flexibility index (Phi) is 4.25. The van der Waals surface area contributed by atoms with Gasteiger partial charge in [-0.25, -0.2) is 0 Å². The lowest BCUT2D eigenvalue weighted by atomic mass is 9.98. The molecule has 0 N–H and O–H groups in total. The summed E-state index contributed by atoms with van der Waals surface area (Å²) < 4.78 is 54.1. The number of fused-ring (bicyclic) bond motifs is 4. The molecule has 0 radical (unpaired) electrons. The number of benzene rings is 6. The van der Waals surface area contributed by atoms with Crippen molar-refractivity contribution >= 4 is 84.1 Å². The number of anilines is 3. The predicted octanol–water partition coefficient (Wildman–Crippen LogP) is 9.14. The first kappa shape index (κ1) is 18.5. The summed E-state index contributed by atoms with van der Waals surface area (Å²) in [5.41, 5.74) is 6.19. The third-order valence-corrected chi connectivity index (χ3v) is 7.88. The van der Waals surface area contributed by atoms with E-state index in [2.05, 4.69) is 17.5 Å². The quantitative estimate of drug-likeness (QED) is 0.222. The second-order valence-electron chi connectivity index (χ2n) is 9.15. The van der Waals surface area contributed by atoms with Crippen LogP contribution in [0.5, 0.6) is 0 Å². The molecule has 0 aliphatic heterocycles. The molecule has 5 nitrogen and oxygen atoms in total. The van der Waals surface area contributed by atoms with Gasteiger partial charge < -0.3 is 4.90 Å². The van der Waals surface area contributed by atoms with Gasteiger partial charge in [-0.05, 0) is 93.3 Å². The van der Waals surface area contributed by atoms with Crippen molar-refractivity contribution in [2.24, 2.45) is 0 Å². The first-order chi connectivity index (χ1) is 21.0. The van der Waals surface area contributed by atoms with Gasteiger partial charge in [0.05, 0.1) is 28.9 Å². The van der Waals surface area contributed by atoms with Crippen LogP contribution in [0.25, 0.3) is 54.7 Å². The summed E-state index contributed by atoms with van der Waals surface area (Å²) >= 11 is 2.26. The summed E-state index contributed by atoms with van der Waals surface area (Å²) in [6.45, 7) is 0. The molecule has 2 aromatic heterocycles. The van der Waals surface area contributed by atoms with Crippen LogP contribution < -0.4 is 4.90 Å². The molecular weight excluding hydrogens is 519 g/mol. The van der Waals surface area contributed by atoms with E-state index in [1.807, 2.05) is 83.8 Å². The Morgan fingerprint density at radius 2 is 1.13 bits per heavy atom. The maximum Gasteiger partial charge on any atom is 0.106 e. The van der Waals surface area contributed by atoms with Crippen LogP contribution in [0.15, 0.2) is 115 Å². The Morgan fingerprint density at radius 1 is 0.487 bits per heavy atom. The molecule has 0 aliphatic carbocycles. The molecule has 184 valence electrons. The van der Waals surface area contributed by atoms with Crippen LogP contribution >= 0.6 is 23.5 Å². The van der Waals surface area contributed by atoms with Crippen molar-refractivity contribution in [3.8, 4) is 11.1 Å². The van der Waals surface area contributed by atoms with Crippen LogP contribution in [-0.4, -0.2) is 17.5 Å². The van der Waals surface area contributed by atoms with Crippen LogP contribution in [-0.2, 0) is 0 Å². The van der Waals surface area contributed by atoms with E-state index >= 15 is 0 Å². The number of rotatable bonds is 4. The zero-order chi connectivity index (χ0) is 29.2. The zero-order valence-corrected chi connectivity index (χ0v) is 21.8. The molecule has 0 amide bonds. The molecule has 0 saturated heterocycles. The molecule has 0 aliphatic rings. The van der Waals surface area contributed by atoms with E-state index < -0.39 is 0 Å². The Bertz CT molecular complexity index is 2310. The highest BCUT2D eigenvalue weighted by Crippen LogP contribution is 2.39. The summed E-state index contributed by atoms with van der Waals surface area (Å²) in [4.78, 5) is 1.87. The molecule has 6 aromatic carbocycles. The summed E-state index contributed by atoms with van der Waals surface area (Å²) in [5.74, 6) is 0. The number of hydrogen-bond donors (Lipinski definition) is 0. The van der Waals surface area contributed by atoms with Crippen LogP contribution in [0.2, 0.25) is 0 Å². The molecule has 0 saturated carbocycles. The first-order valence-corrected chi connectivity index (χ1v) is 13.7. The second-order valence-corrected chi connectivity index (χ2v) is 10.2. The average Bonchev–Trinajstić information content (AvgIpc) is 3.69. The lowest BCUT2D eigenvalue weighted by molar-refractivity contribution is 1.30. The van der Waals surface area contributed by atoms with Gasteiger partial charge in [0.15, 0.2) is 0 Å². The first-order valence-electron chi connectivity index (χ1n) is 14.2. The fourth-order valence-electron chi connectivity index (χ4n) is 4.84. The van der Waals surface area contributed by atoms with Crippen LogP contribution in [0, 0.1) is 0 Å². The van der Waals surface area contributed by atoms with Gasteiger partial charge in [0, 0.05) is 17.1 Å². The summed E-state index contributed by atoms with van der Waals surface area (Å²) in [7, 11) is 0. The molecule has 8 rings (SSSR count). The normalized spacial score (nSPS) is 13.0. The van der Waals surface area contributed by atoms with E-state index in [0.717, 1.165) is 73.2 Å². The Balaban J connectivity index is 1.36. The SMILES string of the molecule is [2H]c1cc(N(c2ccc3nsnc3c2)c2ccc3nsnc3c2)c([2H])c2c([2H])cc(-c3ccc4ccccc4c3)c([2H])c12. The highest BCUT2D eigenvalue weighted by molar-refractivity contribution is 7.00. The maximum absolute atomic E-state index is 9.37. The van der Waals surface area contributed by atoms with Gasteiger partial charge in [-0.15, -0.1) is 0 Å². The topological polar surface area (TPSA) is 54.8 Å². The average molecular weight is 542 g/mol. The fraction of sp³-hybridized carbons (Fsp3) is 0. The lowest BCUT2D eigenvalue weighted by Gasteiger charge is -2.25. The van der Waals surface area contributed by atoms with Gasteiger partial charge in [-0.3, -0.25) is 0 Å². The van der Waals surface area contributed by atoms with Crippen LogP contribution in [0.3, 0.4) is 0 Å². The summed E-state index contributed by atoms with van der Waals surface area (Å²) in [6.07, 6.45) is 0. The van der Waals surface area contributed by atoms with Gasteiger partial charge in [0.1, 0.15) is 22.1 Å². The van der Waals surface area contributed by atoms with E-state index in [1.165, 1.54) is 0 Å². The molecule has 39 heavy (non-hydrogen) atoms. The summed E-state index contributed by atoms with van der Waals surface area (Å²) in [6, 6.07) is 28.9. The largest absolute Gasteiger partial charge is 0.310 e. The zero-order valence-electron chi connectivity index (χ0n) is 24.2. The van der Waals surface area contributed by atoms with Gasteiger partial charge in [-0.1, -0.05) is 54.5 Å². The molecule has 0 spiro atoms. The van der Waals surface area contributed by atoms with Crippen molar-refractivity contribution in [2.75, 3.05) is 4.90 Å². The smallest absolute Gasteiger partial charge is 0.106 e. The minimum Gasteiger partial charge on any atom is -0.310 e. The second kappa shape index (κ2) is 8.94. The van der Waals surface area contributed by atoms with Crippen molar-refractivity contribution in [3.63, 3.8) is 0 Å². The van der Waals surface area contributed by atoms with Gasteiger partial charge in [0.25, 0.3) is 0 Å². The summed E-state index contributed by atoms with van der Waals surface area (Å²) in [5, 5.41) is 2.66. The monoisotopic (exact) mass is 541 g/mol.